The molecular formula is C7H12O3. The van der Waals surface area contributed by atoms with Gasteiger partial charge in [0.1, 0.15) is 0 Å². The van der Waals surface area contributed by atoms with E-state index >= 15 is 0 Å². The highest BCUT2D eigenvalue weighted by Gasteiger charge is 2.15. The lowest BCUT2D eigenvalue weighted by molar-refractivity contribution is -0.141. The van der Waals surface area contributed by atoms with Gasteiger partial charge in [0.2, 0.25) is 0 Å². The third-order valence-corrected chi connectivity index (χ3v) is 1.45. The van der Waals surface area contributed by atoms with Gasteiger partial charge < -0.3 is 14.6 Å². The normalized spacial score (nSPS) is 32.6. The fraction of sp³-hybridized carbons (Fsp3) is 0.714. The standard InChI is InChI=1S/C7H12O3/c1-9-7-4-2-3-6(5-8)10-7/h2,4,6-8H,3,5H2,1H3/t6-,7-/m0/s1. The molecule has 2 atom stereocenters. The first kappa shape index (κ1) is 7.72. The number of hydrogen-bond donors (Lipinski definition) is 1. The van der Waals surface area contributed by atoms with Gasteiger partial charge in [-0.1, -0.05) is 6.08 Å². The van der Waals surface area contributed by atoms with E-state index in [4.69, 9.17) is 14.6 Å². The number of methoxy groups -OCH3 is 1. The monoisotopic (exact) mass is 144 g/mol. The minimum atomic E-state index is -0.272. The van der Waals surface area contributed by atoms with Gasteiger partial charge in [-0.2, -0.15) is 0 Å². The summed E-state index contributed by atoms with van der Waals surface area (Å²) in [5.74, 6) is 0. The molecule has 0 amide bonds. The summed E-state index contributed by atoms with van der Waals surface area (Å²) >= 11 is 0. The van der Waals surface area contributed by atoms with E-state index in [0.29, 0.717) is 0 Å². The molecule has 0 saturated carbocycles. The van der Waals surface area contributed by atoms with Gasteiger partial charge in [0, 0.05) is 7.11 Å². The topological polar surface area (TPSA) is 38.7 Å². The van der Waals surface area contributed by atoms with Crippen LogP contribution in [0.5, 0.6) is 0 Å². The lowest BCUT2D eigenvalue weighted by Crippen LogP contribution is -2.27. The molecule has 0 aliphatic carbocycles. The Bertz CT molecular complexity index is 122. The van der Waals surface area contributed by atoms with E-state index < -0.39 is 0 Å². The van der Waals surface area contributed by atoms with Gasteiger partial charge in [-0.3, -0.25) is 0 Å². The van der Waals surface area contributed by atoms with Crippen LogP contribution in [0.25, 0.3) is 0 Å². The highest BCUT2D eigenvalue weighted by atomic mass is 16.7. The summed E-state index contributed by atoms with van der Waals surface area (Å²) in [6.45, 7) is 0.0597. The molecule has 0 unspecified atom stereocenters. The molecule has 1 heterocycles. The lowest BCUT2D eigenvalue weighted by Gasteiger charge is -2.22. The second kappa shape index (κ2) is 3.71. The quantitative estimate of drug-likeness (QED) is 0.566. The van der Waals surface area contributed by atoms with Gasteiger partial charge in [0.15, 0.2) is 6.29 Å². The summed E-state index contributed by atoms with van der Waals surface area (Å²) in [6.07, 6.45) is 4.21. The van der Waals surface area contributed by atoms with Crippen molar-refractivity contribution in [2.45, 2.75) is 18.8 Å². The highest BCUT2D eigenvalue weighted by Crippen LogP contribution is 2.11. The fourth-order valence-corrected chi connectivity index (χ4v) is 0.884. The van der Waals surface area contributed by atoms with E-state index in [0.717, 1.165) is 6.42 Å². The van der Waals surface area contributed by atoms with E-state index in [1.807, 2.05) is 12.2 Å². The van der Waals surface area contributed by atoms with Crippen LogP contribution < -0.4 is 0 Å². The molecule has 1 aliphatic heterocycles. The predicted molar refractivity (Wildman–Crippen MR) is 36.5 cm³/mol. The molecule has 10 heavy (non-hydrogen) atoms. The number of hydrogen-bond acceptors (Lipinski definition) is 3. The largest absolute Gasteiger partial charge is 0.394 e. The van der Waals surface area contributed by atoms with Gasteiger partial charge >= 0.3 is 0 Å². The molecule has 1 rings (SSSR count). The van der Waals surface area contributed by atoms with Crippen molar-refractivity contribution in [2.24, 2.45) is 0 Å². The lowest BCUT2D eigenvalue weighted by atomic mass is 10.2. The van der Waals surface area contributed by atoms with Crippen molar-refractivity contribution >= 4 is 0 Å². The Balaban J connectivity index is 2.38. The zero-order chi connectivity index (χ0) is 7.40. The van der Waals surface area contributed by atoms with Crippen LogP contribution in [0, 0.1) is 0 Å². The molecule has 0 aromatic heterocycles. The zero-order valence-corrected chi connectivity index (χ0v) is 5.99. The van der Waals surface area contributed by atoms with Crippen LogP contribution in [-0.2, 0) is 9.47 Å². The SMILES string of the molecule is CO[C@@H]1C=CC[C@@H](CO)O1. The highest BCUT2D eigenvalue weighted by molar-refractivity contribution is 4.92. The molecule has 0 aromatic carbocycles. The number of ether oxygens (including phenoxy) is 2. The predicted octanol–water partition coefficient (Wildman–Crippen LogP) is 0.296. The maximum absolute atomic E-state index is 8.69. The Kier molecular flexibility index (Phi) is 2.86. The summed E-state index contributed by atoms with van der Waals surface area (Å²) in [5, 5.41) is 8.69. The molecule has 3 heteroatoms. The second-order valence-corrected chi connectivity index (χ2v) is 2.21. The molecule has 1 N–H and O–H groups in total. The number of rotatable bonds is 2. The molecule has 0 saturated heterocycles. The average molecular weight is 144 g/mol. The first-order valence-corrected chi connectivity index (χ1v) is 3.32. The molecule has 1 aliphatic rings. The van der Waals surface area contributed by atoms with Crippen molar-refractivity contribution in [1.82, 2.24) is 0 Å². The second-order valence-electron chi connectivity index (χ2n) is 2.21. The van der Waals surface area contributed by atoms with Crippen molar-refractivity contribution in [3.05, 3.63) is 12.2 Å². The molecule has 0 spiro atoms. The molecular weight excluding hydrogens is 132 g/mol. The van der Waals surface area contributed by atoms with E-state index in [-0.39, 0.29) is 19.0 Å². The molecule has 58 valence electrons. The first-order valence-electron chi connectivity index (χ1n) is 3.32. The maximum Gasteiger partial charge on any atom is 0.176 e. The minimum absolute atomic E-state index is 0.0597. The van der Waals surface area contributed by atoms with Crippen molar-refractivity contribution < 1.29 is 14.6 Å². The average Bonchev–Trinajstić information content (AvgIpc) is 2.05. The maximum atomic E-state index is 8.69. The van der Waals surface area contributed by atoms with Crippen LogP contribution in [0.15, 0.2) is 12.2 Å². The summed E-state index contributed by atoms with van der Waals surface area (Å²) in [7, 11) is 1.58. The van der Waals surface area contributed by atoms with Crippen LogP contribution in [-0.4, -0.2) is 31.2 Å². The van der Waals surface area contributed by atoms with Crippen molar-refractivity contribution in [2.75, 3.05) is 13.7 Å². The van der Waals surface area contributed by atoms with E-state index in [9.17, 15) is 0 Å². The van der Waals surface area contributed by atoms with Gasteiger partial charge in [-0.25, -0.2) is 0 Å². The van der Waals surface area contributed by atoms with Gasteiger partial charge in [-0.15, -0.1) is 0 Å². The summed E-state index contributed by atoms with van der Waals surface area (Å²) in [6, 6.07) is 0. The van der Waals surface area contributed by atoms with E-state index in [2.05, 4.69) is 0 Å². The fourth-order valence-electron chi connectivity index (χ4n) is 0.884. The van der Waals surface area contributed by atoms with Crippen LogP contribution >= 0.6 is 0 Å². The van der Waals surface area contributed by atoms with E-state index in [1.54, 1.807) is 7.11 Å². The van der Waals surface area contributed by atoms with E-state index in [1.165, 1.54) is 0 Å². The molecule has 3 nitrogen and oxygen atoms in total. The number of aliphatic hydroxyl groups excluding tert-OH is 1. The zero-order valence-electron chi connectivity index (χ0n) is 5.99. The Morgan fingerprint density at radius 1 is 1.80 bits per heavy atom. The summed E-state index contributed by atoms with van der Waals surface area (Å²) in [4.78, 5) is 0. The molecule has 0 aromatic rings. The Hall–Kier alpha value is -0.380. The summed E-state index contributed by atoms with van der Waals surface area (Å²) in [5.41, 5.74) is 0. The van der Waals surface area contributed by atoms with Crippen molar-refractivity contribution in [3.8, 4) is 0 Å². The first-order chi connectivity index (χ1) is 4.86. The smallest absolute Gasteiger partial charge is 0.176 e. The third-order valence-electron chi connectivity index (χ3n) is 1.45. The van der Waals surface area contributed by atoms with Gasteiger partial charge in [-0.05, 0) is 12.5 Å². The van der Waals surface area contributed by atoms with Crippen LogP contribution in [0.3, 0.4) is 0 Å². The van der Waals surface area contributed by atoms with Crippen molar-refractivity contribution in [3.63, 3.8) is 0 Å². The summed E-state index contributed by atoms with van der Waals surface area (Å²) < 4.78 is 10.1. The van der Waals surface area contributed by atoms with Gasteiger partial charge in [0.25, 0.3) is 0 Å². The Labute approximate surface area is 60.3 Å². The Morgan fingerprint density at radius 3 is 3.20 bits per heavy atom. The van der Waals surface area contributed by atoms with Crippen LogP contribution in [0.1, 0.15) is 6.42 Å². The van der Waals surface area contributed by atoms with Crippen LogP contribution in [0.4, 0.5) is 0 Å². The van der Waals surface area contributed by atoms with Gasteiger partial charge in [0.05, 0.1) is 12.7 Å². The van der Waals surface area contributed by atoms with Crippen molar-refractivity contribution in [1.29, 1.82) is 0 Å². The molecule has 0 fully saturated rings. The third kappa shape index (κ3) is 1.80. The minimum Gasteiger partial charge on any atom is -0.394 e. The van der Waals surface area contributed by atoms with Crippen LogP contribution in [0.2, 0.25) is 0 Å². The molecule has 0 bridgehead atoms. The molecule has 0 radical (unpaired) electrons. The number of aliphatic hydroxyl groups is 1. The Morgan fingerprint density at radius 2 is 2.60 bits per heavy atom.